The molecule has 3 atom stereocenters. The molecule has 0 saturated heterocycles. The molecule has 4 rings (SSSR count). The number of nitrogens with one attached hydrogen (secondary N) is 1. The van der Waals surface area contributed by atoms with Gasteiger partial charge >= 0.3 is 5.97 Å². The number of nitro benzene ring substituents is 1. The highest BCUT2D eigenvalue weighted by Gasteiger charge is 2.54. The van der Waals surface area contributed by atoms with Gasteiger partial charge in [-0.05, 0) is 49.4 Å². The van der Waals surface area contributed by atoms with Gasteiger partial charge in [-0.25, -0.2) is 4.79 Å². The molecular formula is C35H38N4O8. The Labute approximate surface area is 272 Å². The fourth-order valence-corrected chi connectivity index (χ4v) is 5.57. The second-order valence-corrected chi connectivity index (χ2v) is 11.9. The molecule has 12 heteroatoms. The van der Waals surface area contributed by atoms with Crippen LogP contribution >= 0.6 is 0 Å². The molecule has 2 unspecified atom stereocenters. The summed E-state index contributed by atoms with van der Waals surface area (Å²) in [5.74, 6) is -3.59. The number of carbonyl (C=O) groups excluding carboxylic acids is 4. The van der Waals surface area contributed by atoms with E-state index < -0.39 is 58.4 Å². The molecule has 0 bridgehead atoms. The van der Waals surface area contributed by atoms with Gasteiger partial charge in [0, 0.05) is 30.8 Å². The van der Waals surface area contributed by atoms with Crippen LogP contribution in [0.4, 0.5) is 5.69 Å². The first-order valence-electron chi connectivity index (χ1n) is 15.2. The van der Waals surface area contributed by atoms with E-state index in [0.717, 1.165) is 6.92 Å². The van der Waals surface area contributed by atoms with Gasteiger partial charge in [0.05, 0.1) is 16.7 Å². The maximum absolute atomic E-state index is 14.9. The van der Waals surface area contributed by atoms with Crippen molar-refractivity contribution in [1.82, 2.24) is 15.1 Å². The lowest BCUT2D eigenvalue weighted by molar-refractivity contribution is -0.384. The summed E-state index contributed by atoms with van der Waals surface area (Å²) in [5.41, 5.74) is -1.51. The van der Waals surface area contributed by atoms with Crippen LogP contribution < -0.4 is 5.32 Å². The SMILES string of the molecule is CC(=O)NC(O)(C(=O)OC(C)C)[C@H](Cc1ccccc1)N1C(=O)C(C(C)C)N(C(=O)c2ccc([N+](=O)[O-])cc2)C=C1c1ccccc1. The Hall–Kier alpha value is -5.36. The summed E-state index contributed by atoms with van der Waals surface area (Å²) in [5, 5.41) is 25.8. The Kier molecular flexibility index (Phi) is 10.6. The molecule has 0 saturated carbocycles. The summed E-state index contributed by atoms with van der Waals surface area (Å²) in [4.78, 5) is 68.4. The molecule has 3 aromatic rings. The van der Waals surface area contributed by atoms with Gasteiger partial charge in [0.1, 0.15) is 12.1 Å². The van der Waals surface area contributed by atoms with E-state index in [1.54, 1.807) is 88.4 Å². The van der Waals surface area contributed by atoms with E-state index in [9.17, 15) is 34.4 Å². The third-order valence-corrected chi connectivity index (χ3v) is 7.66. The van der Waals surface area contributed by atoms with E-state index in [0.29, 0.717) is 11.1 Å². The average Bonchev–Trinajstić information content (AvgIpc) is 3.03. The fourth-order valence-electron chi connectivity index (χ4n) is 5.57. The zero-order valence-corrected chi connectivity index (χ0v) is 26.8. The van der Waals surface area contributed by atoms with Gasteiger partial charge in [0.25, 0.3) is 23.2 Å². The van der Waals surface area contributed by atoms with Gasteiger partial charge < -0.3 is 20.1 Å². The summed E-state index contributed by atoms with van der Waals surface area (Å²) >= 11 is 0. The van der Waals surface area contributed by atoms with Gasteiger partial charge in [-0.3, -0.25) is 29.4 Å². The first kappa shape index (κ1) is 34.5. The molecule has 0 aliphatic carbocycles. The van der Waals surface area contributed by atoms with Crippen LogP contribution in [0, 0.1) is 16.0 Å². The molecule has 1 aliphatic rings. The molecule has 0 spiro atoms. The highest BCUT2D eigenvalue weighted by Crippen LogP contribution is 2.36. The van der Waals surface area contributed by atoms with E-state index in [-0.39, 0.29) is 23.4 Å². The quantitative estimate of drug-likeness (QED) is 0.136. The molecule has 12 nitrogen and oxygen atoms in total. The molecule has 3 aromatic carbocycles. The monoisotopic (exact) mass is 642 g/mol. The van der Waals surface area contributed by atoms with E-state index in [2.05, 4.69) is 5.32 Å². The zero-order valence-electron chi connectivity index (χ0n) is 26.8. The second-order valence-electron chi connectivity index (χ2n) is 11.9. The Bertz CT molecular complexity index is 1660. The molecular weight excluding hydrogens is 604 g/mol. The normalized spacial score (nSPS) is 16.7. The first-order chi connectivity index (χ1) is 22.2. The number of rotatable bonds is 11. The number of nitro groups is 1. The molecule has 1 aliphatic heterocycles. The van der Waals surface area contributed by atoms with Crippen molar-refractivity contribution in [3.05, 3.63) is 118 Å². The van der Waals surface area contributed by atoms with Crippen molar-refractivity contribution < 1.29 is 33.9 Å². The molecule has 246 valence electrons. The molecule has 47 heavy (non-hydrogen) atoms. The molecule has 0 aromatic heterocycles. The zero-order chi connectivity index (χ0) is 34.5. The lowest BCUT2D eigenvalue weighted by atomic mass is 9.89. The minimum absolute atomic E-state index is 0.0954. The van der Waals surface area contributed by atoms with Gasteiger partial charge in [-0.1, -0.05) is 74.5 Å². The van der Waals surface area contributed by atoms with Gasteiger partial charge in [0.2, 0.25) is 5.91 Å². The van der Waals surface area contributed by atoms with Crippen LogP contribution in [-0.4, -0.2) is 67.4 Å². The number of carbonyl (C=O) groups is 4. The van der Waals surface area contributed by atoms with E-state index in [1.165, 1.54) is 40.3 Å². The average molecular weight is 643 g/mol. The predicted molar refractivity (Wildman–Crippen MR) is 173 cm³/mol. The summed E-state index contributed by atoms with van der Waals surface area (Å²) < 4.78 is 5.45. The van der Waals surface area contributed by atoms with Crippen LogP contribution in [0.3, 0.4) is 0 Å². The number of esters is 1. The summed E-state index contributed by atoms with van der Waals surface area (Å²) in [6, 6.07) is 20.0. The predicted octanol–water partition coefficient (Wildman–Crippen LogP) is 4.29. The van der Waals surface area contributed by atoms with Gasteiger partial charge in [0.15, 0.2) is 0 Å². The maximum atomic E-state index is 14.9. The number of non-ortho nitro benzene ring substituents is 1. The molecule has 2 N–H and O–H groups in total. The molecule has 0 radical (unpaired) electrons. The van der Waals surface area contributed by atoms with Crippen LogP contribution in [0.15, 0.2) is 91.1 Å². The van der Waals surface area contributed by atoms with Crippen molar-refractivity contribution in [2.24, 2.45) is 5.92 Å². The van der Waals surface area contributed by atoms with Crippen LogP contribution in [-0.2, 0) is 25.5 Å². The van der Waals surface area contributed by atoms with E-state index in [1.807, 2.05) is 0 Å². The lowest BCUT2D eigenvalue weighted by Crippen LogP contribution is -2.70. The van der Waals surface area contributed by atoms with Gasteiger partial charge in [-0.2, -0.15) is 0 Å². The third kappa shape index (κ3) is 7.55. The topological polar surface area (TPSA) is 159 Å². The smallest absolute Gasteiger partial charge is 0.362 e. The number of ether oxygens (including phenoxy) is 1. The Morgan fingerprint density at radius 2 is 1.53 bits per heavy atom. The number of nitrogens with zero attached hydrogens (tertiary/aromatic N) is 3. The highest BCUT2D eigenvalue weighted by molar-refractivity contribution is 6.03. The second kappa shape index (κ2) is 14.4. The third-order valence-electron chi connectivity index (χ3n) is 7.66. The number of hydrogen-bond donors (Lipinski definition) is 2. The van der Waals surface area contributed by atoms with Crippen molar-refractivity contribution in [2.75, 3.05) is 0 Å². The van der Waals surface area contributed by atoms with E-state index in [4.69, 9.17) is 4.74 Å². The fraction of sp³-hybridized carbons (Fsp3) is 0.314. The number of amides is 3. The van der Waals surface area contributed by atoms with Crippen molar-refractivity contribution in [3.8, 4) is 0 Å². The van der Waals surface area contributed by atoms with Crippen molar-refractivity contribution in [2.45, 2.75) is 65.0 Å². The Balaban J connectivity index is 1.98. The lowest BCUT2D eigenvalue weighted by Gasteiger charge is -2.48. The molecule has 3 amide bonds. The van der Waals surface area contributed by atoms with E-state index >= 15 is 0 Å². The first-order valence-corrected chi connectivity index (χ1v) is 15.2. The van der Waals surface area contributed by atoms with Crippen LogP contribution in [0.1, 0.15) is 56.1 Å². The Morgan fingerprint density at radius 1 is 0.957 bits per heavy atom. The van der Waals surface area contributed by atoms with Gasteiger partial charge in [-0.15, -0.1) is 0 Å². The van der Waals surface area contributed by atoms with Crippen LogP contribution in [0.2, 0.25) is 0 Å². The van der Waals surface area contributed by atoms with Crippen molar-refractivity contribution in [3.63, 3.8) is 0 Å². The van der Waals surface area contributed by atoms with Crippen molar-refractivity contribution >= 4 is 35.1 Å². The Morgan fingerprint density at radius 3 is 2.04 bits per heavy atom. The largest absolute Gasteiger partial charge is 0.459 e. The molecule has 0 fully saturated rings. The summed E-state index contributed by atoms with van der Waals surface area (Å²) in [6.07, 6.45) is 0.715. The minimum atomic E-state index is -2.72. The maximum Gasteiger partial charge on any atom is 0.362 e. The molecule has 1 heterocycles. The number of benzene rings is 3. The summed E-state index contributed by atoms with van der Waals surface area (Å²) in [7, 11) is 0. The van der Waals surface area contributed by atoms with Crippen LogP contribution in [0.25, 0.3) is 5.70 Å². The highest BCUT2D eigenvalue weighted by atomic mass is 16.6. The minimum Gasteiger partial charge on any atom is -0.459 e. The summed E-state index contributed by atoms with van der Waals surface area (Å²) in [6.45, 7) is 7.82. The van der Waals surface area contributed by atoms with Crippen molar-refractivity contribution in [1.29, 1.82) is 0 Å². The number of aliphatic hydroxyl groups is 1. The van der Waals surface area contributed by atoms with Crippen LogP contribution in [0.5, 0.6) is 0 Å². The standard InChI is InChI=1S/C35H38N4O8/c1-22(2)31-33(42)38(30(20-25-12-8-6-9-13-25)35(44,36-24(5)40)34(43)47-23(3)4)29(26-14-10-7-11-15-26)21-37(31)32(41)27-16-18-28(19-17-27)39(45)46/h6-19,21-23,30-31,44H,20H2,1-5H3,(H,36,40)/t30-,31?,35?/m0/s1. The number of hydrogen-bond acceptors (Lipinski definition) is 8.